The van der Waals surface area contributed by atoms with Crippen LogP contribution in [0.4, 0.5) is 4.79 Å². The fourth-order valence-corrected chi connectivity index (χ4v) is 6.99. The van der Waals surface area contributed by atoms with Crippen molar-refractivity contribution in [2.24, 2.45) is 0 Å². The number of alkyl carbamates (subject to hydrolysis) is 1. The van der Waals surface area contributed by atoms with Crippen molar-refractivity contribution in [2.45, 2.75) is 69.8 Å². The number of amides is 1. The van der Waals surface area contributed by atoms with E-state index in [0.29, 0.717) is 12.6 Å². The van der Waals surface area contributed by atoms with Gasteiger partial charge in [-0.1, -0.05) is 73.3 Å². The van der Waals surface area contributed by atoms with E-state index in [9.17, 15) is 9.90 Å². The van der Waals surface area contributed by atoms with E-state index in [1.54, 1.807) is 6.08 Å². The average Bonchev–Trinajstić information content (AvgIpc) is 3.79. The van der Waals surface area contributed by atoms with E-state index in [1.807, 2.05) is 24.3 Å². The molecule has 6 rings (SSSR count). The summed E-state index contributed by atoms with van der Waals surface area (Å²) in [5.41, 5.74) is 6.05. The molecule has 1 amide bonds. The number of carbonyl (C=O) groups is 1. The minimum absolute atomic E-state index is 0.0248. The Balaban J connectivity index is 1.19. The van der Waals surface area contributed by atoms with Gasteiger partial charge in [-0.2, -0.15) is 0 Å². The van der Waals surface area contributed by atoms with E-state index in [0.717, 1.165) is 59.4 Å². The lowest BCUT2D eigenvalue weighted by Gasteiger charge is -2.39. The van der Waals surface area contributed by atoms with Crippen molar-refractivity contribution in [3.8, 4) is 11.1 Å². The summed E-state index contributed by atoms with van der Waals surface area (Å²) in [7, 11) is 0. The predicted molar refractivity (Wildman–Crippen MR) is 179 cm³/mol. The molecule has 0 saturated carbocycles. The number of hydrogen-bond acceptors (Lipinski definition) is 7. The molecule has 3 fully saturated rings. The van der Waals surface area contributed by atoms with Crippen molar-refractivity contribution in [3.63, 3.8) is 0 Å². The van der Waals surface area contributed by atoms with Gasteiger partial charge in [0.2, 0.25) is 0 Å². The van der Waals surface area contributed by atoms with E-state index < -0.39 is 12.4 Å². The predicted octanol–water partition coefficient (Wildman–Crippen LogP) is 6.36. The van der Waals surface area contributed by atoms with Crippen molar-refractivity contribution in [2.75, 3.05) is 39.3 Å². The molecule has 3 aliphatic heterocycles. The summed E-state index contributed by atoms with van der Waals surface area (Å²) in [4.78, 5) is 17.2. The summed E-state index contributed by atoms with van der Waals surface area (Å²) in [6.45, 7) is 9.77. The van der Waals surface area contributed by atoms with Gasteiger partial charge in [0.1, 0.15) is 6.61 Å². The number of hydrogen-bond donors (Lipinski definition) is 2. The SMILES string of the molecule is C=CCOC(=O)NCc1cccc(-c2cccc([C@@H]3O[C@H](CN4CCC[C@H]4CN4CCCC4)C[C@H](c4ccc(CO)cc4)O3)c2)c1. The Kier molecular flexibility index (Phi) is 11.2. The van der Waals surface area contributed by atoms with Gasteiger partial charge in [0.05, 0.1) is 18.8 Å². The minimum atomic E-state index is -0.509. The van der Waals surface area contributed by atoms with Crippen LogP contribution in [-0.4, -0.2) is 72.5 Å². The van der Waals surface area contributed by atoms with E-state index >= 15 is 0 Å². The smallest absolute Gasteiger partial charge is 0.407 e. The molecule has 3 aromatic carbocycles. The molecule has 2 N–H and O–H groups in total. The summed E-state index contributed by atoms with van der Waals surface area (Å²) >= 11 is 0. The lowest BCUT2D eigenvalue weighted by atomic mass is 9.98. The number of ether oxygens (including phenoxy) is 3. The third-order valence-electron chi connectivity index (χ3n) is 9.41. The van der Waals surface area contributed by atoms with Gasteiger partial charge in [-0.15, -0.1) is 0 Å². The van der Waals surface area contributed by atoms with Gasteiger partial charge in [-0.25, -0.2) is 4.79 Å². The Morgan fingerprint density at radius 2 is 1.70 bits per heavy atom. The first-order chi connectivity index (χ1) is 22.6. The fraction of sp³-hybridized carbons (Fsp3) is 0.447. The van der Waals surface area contributed by atoms with Crippen LogP contribution < -0.4 is 5.32 Å². The Morgan fingerprint density at radius 1 is 0.913 bits per heavy atom. The summed E-state index contributed by atoms with van der Waals surface area (Å²) in [6.07, 6.45) is 6.39. The number of aliphatic hydroxyl groups is 1. The van der Waals surface area contributed by atoms with Crippen molar-refractivity contribution >= 4 is 6.09 Å². The van der Waals surface area contributed by atoms with Crippen molar-refractivity contribution in [1.82, 2.24) is 15.1 Å². The molecule has 3 heterocycles. The first kappa shape index (κ1) is 32.4. The van der Waals surface area contributed by atoms with Gasteiger partial charge in [-0.3, -0.25) is 4.90 Å². The van der Waals surface area contributed by atoms with Crippen LogP contribution in [0.2, 0.25) is 0 Å². The maximum absolute atomic E-state index is 11.9. The molecule has 46 heavy (non-hydrogen) atoms. The summed E-state index contributed by atoms with van der Waals surface area (Å²) in [5, 5.41) is 12.4. The minimum Gasteiger partial charge on any atom is -0.445 e. The second kappa shape index (κ2) is 15.8. The largest absolute Gasteiger partial charge is 0.445 e. The molecule has 0 aromatic heterocycles. The molecule has 244 valence electrons. The quantitative estimate of drug-likeness (QED) is 0.227. The van der Waals surface area contributed by atoms with Gasteiger partial charge in [0.15, 0.2) is 6.29 Å². The lowest BCUT2D eigenvalue weighted by molar-refractivity contribution is -0.253. The monoisotopic (exact) mass is 625 g/mol. The maximum Gasteiger partial charge on any atom is 0.407 e. The average molecular weight is 626 g/mol. The highest BCUT2D eigenvalue weighted by Gasteiger charge is 2.36. The van der Waals surface area contributed by atoms with Crippen molar-refractivity contribution in [3.05, 3.63) is 108 Å². The summed E-state index contributed by atoms with van der Waals surface area (Å²) in [5.74, 6) is 0. The Morgan fingerprint density at radius 3 is 2.48 bits per heavy atom. The first-order valence-electron chi connectivity index (χ1n) is 16.8. The molecule has 3 saturated heterocycles. The molecule has 0 bridgehead atoms. The van der Waals surface area contributed by atoms with Crippen molar-refractivity contribution in [1.29, 1.82) is 0 Å². The molecule has 0 spiro atoms. The van der Waals surface area contributed by atoms with Crippen LogP contribution in [0, 0.1) is 0 Å². The van der Waals surface area contributed by atoms with E-state index in [-0.39, 0.29) is 25.4 Å². The van der Waals surface area contributed by atoms with Crippen LogP contribution in [0.1, 0.15) is 66.8 Å². The zero-order chi connectivity index (χ0) is 31.7. The summed E-state index contributed by atoms with van der Waals surface area (Å²) in [6, 6.07) is 25.2. The highest BCUT2D eigenvalue weighted by atomic mass is 16.7. The van der Waals surface area contributed by atoms with Gasteiger partial charge in [0, 0.05) is 37.7 Å². The van der Waals surface area contributed by atoms with Crippen LogP contribution in [0.15, 0.2) is 85.5 Å². The van der Waals surface area contributed by atoms with E-state index in [2.05, 4.69) is 70.2 Å². The summed E-state index contributed by atoms with van der Waals surface area (Å²) < 4.78 is 18.5. The normalized spacial score (nSPS) is 23.8. The third-order valence-corrected chi connectivity index (χ3v) is 9.41. The zero-order valence-electron chi connectivity index (χ0n) is 26.7. The standard InChI is InChI=1S/C38H47N3O5/c1-2-20-44-38(43)39-24-29-8-5-9-31(21-29)32-10-6-11-33(22-32)37-45-35(23-36(46-37)30-15-13-28(27-42)14-16-30)26-41-19-7-12-34(41)25-40-17-3-4-18-40/h2,5-6,8-11,13-16,21-22,34-37,42H,1,3-4,7,12,17-20,23-27H2,(H,39,43)/t34-,35-,36+,37+/m0/s1. The number of likely N-dealkylation sites (tertiary alicyclic amines) is 2. The number of nitrogens with one attached hydrogen (secondary N) is 1. The van der Waals surface area contributed by atoms with Crippen LogP contribution in [0.25, 0.3) is 11.1 Å². The second-order valence-electron chi connectivity index (χ2n) is 12.7. The van der Waals surface area contributed by atoms with Crippen LogP contribution >= 0.6 is 0 Å². The molecular weight excluding hydrogens is 578 g/mol. The highest BCUT2D eigenvalue weighted by Crippen LogP contribution is 2.39. The van der Waals surface area contributed by atoms with Crippen molar-refractivity contribution < 1.29 is 24.1 Å². The Labute approximate surface area is 273 Å². The number of rotatable bonds is 12. The molecule has 8 heteroatoms. The molecular formula is C38H47N3O5. The molecule has 4 atom stereocenters. The number of carbonyl (C=O) groups excluding carboxylic acids is 1. The van der Waals surface area contributed by atoms with E-state index in [1.165, 1.54) is 38.8 Å². The van der Waals surface area contributed by atoms with Gasteiger partial charge >= 0.3 is 6.09 Å². The third kappa shape index (κ3) is 8.43. The highest BCUT2D eigenvalue weighted by molar-refractivity contribution is 5.68. The lowest BCUT2D eigenvalue weighted by Crippen LogP contribution is -2.45. The molecule has 3 aliphatic rings. The second-order valence-corrected chi connectivity index (χ2v) is 12.7. The zero-order valence-corrected chi connectivity index (χ0v) is 26.7. The number of nitrogens with zero attached hydrogens (tertiary/aromatic N) is 2. The molecule has 3 aromatic rings. The molecule has 8 nitrogen and oxygen atoms in total. The molecule has 0 radical (unpaired) electrons. The van der Waals surface area contributed by atoms with Crippen LogP contribution in [0.5, 0.6) is 0 Å². The molecule has 0 unspecified atom stereocenters. The molecule has 0 aliphatic carbocycles. The first-order valence-corrected chi connectivity index (χ1v) is 16.8. The van der Waals surface area contributed by atoms with Gasteiger partial charge in [0.25, 0.3) is 0 Å². The fourth-order valence-electron chi connectivity index (χ4n) is 6.99. The topological polar surface area (TPSA) is 83.5 Å². The van der Waals surface area contributed by atoms with Gasteiger partial charge in [-0.05, 0) is 85.3 Å². The van der Waals surface area contributed by atoms with Crippen LogP contribution in [0.3, 0.4) is 0 Å². The Hall–Kier alpha value is -3.53. The Bertz CT molecular complexity index is 1440. The number of benzene rings is 3. The number of aliphatic hydroxyl groups excluding tert-OH is 1. The van der Waals surface area contributed by atoms with E-state index in [4.69, 9.17) is 14.2 Å². The van der Waals surface area contributed by atoms with Gasteiger partial charge < -0.3 is 29.5 Å². The maximum atomic E-state index is 11.9. The van der Waals surface area contributed by atoms with Crippen LogP contribution in [-0.2, 0) is 27.4 Å².